The van der Waals surface area contributed by atoms with Crippen molar-refractivity contribution in [1.82, 2.24) is 25.2 Å². The number of carbonyl (C=O) groups is 5. The summed E-state index contributed by atoms with van der Waals surface area (Å²) in [4.78, 5) is 71.5. The Morgan fingerprint density at radius 1 is 0.964 bits per heavy atom. The Morgan fingerprint density at radius 2 is 1.59 bits per heavy atom. The summed E-state index contributed by atoms with van der Waals surface area (Å²) >= 11 is 0. The molecule has 2 aliphatic rings. The second-order valence-corrected chi connectivity index (χ2v) is 18.4. The Bertz CT molecular complexity index is 1610. The minimum absolute atomic E-state index is 0.0556. The molecule has 15 nitrogen and oxygen atoms in total. The van der Waals surface area contributed by atoms with Crippen molar-refractivity contribution < 1.29 is 41.9 Å². The third-order valence-electron chi connectivity index (χ3n) is 11.2. The van der Waals surface area contributed by atoms with Gasteiger partial charge in [-0.2, -0.15) is 0 Å². The standard InChI is InChI=1S/C40H66N6O9S/c1-11-25(4)34(45(8)38(50)33(24(2)3)43-39(51)40(6,7)41)31(54-9)23-32(47)46-21-15-18-30(46)35(55-10)26(5)36(48)42-29(22-27-16-13-12-14-17-27)37(49)44-56(52,53)28-19-20-28/h12-14,16-17,24-26,28-31,33-35H,11,15,18-23,41H2,1-10H3,(H,42,48)(H,43,51)(H,44,49)/t25-,26+,29-,30-,31+,33-,34-,35+/m0/s1. The van der Waals surface area contributed by atoms with E-state index in [9.17, 15) is 32.4 Å². The van der Waals surface area contributed by atoms with Gasteiger partial charge in [-0.25, -0.2) is 8.42 Å². The molecule has 0 aromatic heterocycles. The highest BCUT2D eigenvalue weighted by atomic mass is 32.2. The number of amides is 5. The molecule has 0 bridgehead atoms. The Kier molecular flexibility index (Phi) is 16.9. The van der Waals surface area contributed by atoms with Gasteiger partial charge < -0.3 is 35.6 Å². The fourth-order valence-corrected chi connectivity index (χ4v) is 8.75. The van der Waals surface area contributed by atoms with E-state index >= 15 is 0 Å². The molecule has 3 rings (SSSR count). The Labute approximate surface area is 333 Å². The molecule has 0 radical (unpaired) electrons. The number of methoxy groups -OCH3 is 2. The molecule has 1 heterocycles. The van der Waals surface area contributed by atoms with E-state index < -0.39 is 80.8 Å². The summed E-state index contributed by atoms with van der Waals surface area (Å²) in [6, 6.07) is 5.96. The van der Waals surface area contributed by atoms with Gasteiger partial charge in [-0.1, -0.05) is 71.4 Å². The van der Waals surface area contributed by atoms with Crippen molar-refractivity contribution in [2.24, 2.45) is 23.5 Å². The monoisotopic (exact) mass is 806 g/mol. The van der Waals surface area contributed by atoms with Gasteiger partial charge in [0.25, 0.3) is 5.91 Å². The number of rotatable bonds is 21. The molecule has 2 fully saturated rings. The lowest BCUT2D eigenvalue weighted by Gasteiger charge is -2.41. The van der Waals surface area contributed by atoms with Crippen LogP contribution in [0.25, 0.3) is 0 Å². The van der Waals surface area contributed by atoms with Gasteiger partial charge in [-0.3, -0.25) is 28.7 Å². The van der Waals surface area contributed by atoms with Crippen molar-refractivity contribution in [3.05, 3.63) is 35.9 Å². The summed E-state index contributed by atoms with van der Waals surface area (Å²) in [5.41, 5.74) is 5.57. The van der Waals surface area contributed by atoms with Crippen LogP contribution in [0.5, 0.6) is 0 Å². The van der Waals surface area contributed by atoms with E-state index in [-0.39, 0.29) is 36.5 Å². The van der Waals surface area contributed by atoms with E-state index in [2.05, 4.69) is 15.4 Å². The number of benzene rings is 1. The number of likely N-dealkylation sites (N-methyl/N-ethyl adjacent to an activating group) is 1. The number of nitrogens with zero attached hydrogens (tertiary/aromatic N) is 2. The molecule has 0 spiro atoms. The van der Waals surface area contributed by atoms with Crippen LogP contribution in [-0.2, 0) is 49.9 Å². The summed E-state index contributed by atoms with van der Waals surface area (Å²) in [7, 11) is 0.785. The average Bonchev–Trinajstić information content (AvgIpc) is 3.91. The maximum Gasteiger partial charge on any atom is 0.256 e. The number of hydrogen-bond acceptors (Lipinski definition) is 10. The molecule has 316 valence electrons. The molecule has 1 saturated carbocycles. The van der Waals surface area contributed by atoms with Crippen molar-refractivity contribution in [3.8, 4) is 0 Å². The summed E-state index contributed by atoms with van der Waals surface area (Å²) in [6.07, 6.45) is 1.43. The van der Waals surface area contributed by atoms with Gasteiger partial charge in [-0.15, -0.1) is 0 Å². The van der Waals surface area contributed by atoms with Crippen LogP contribution in [0.1, 0.15) is 92.6 Å². The molecular weight excluding hydrogens is 741 g/mol. The minimum Gasteiger partial charge on any atom is -0.379 e. The normalized spacial score (nSPS) is 19.9. The van der Waals surface area contributed by atoms with Gasteiger partial charge >= 0.3 is 0 Å². The Morgan fingerprint density at radius 3 is 2.11 bits per heavy atom. The number of nitrogens with one attached hydrogen (secondary N) is 3. The number of nitrogens with two attached hydrogens (primary N) is 1. The molecule has 56 heavy (non-hydrogen) atoms. The van der Waals surface area contributed by atoms with E-state index in [4.69, 9.17) is 15.2 Å². The highest BCUT2D eigenvalue weighted by molar-refractivity contribution is 7.90. The zero-order chi connectivity index (χ0) is 42.1. The number of hydrogen-bond donors (Lipinski definition) is 4. The number of carbonyl (C=O) groups excluding carboxylic acids is 5. The molecule has 0 unspecified atom stereocenters. The van der Waals surface area contributed by atoms with Crippen molar-refractivity contribution in [3.63, 3.8) is 0 Å². The molecule has 1 aliphatic heterocycles. The quantitative estimate of drug-likeness (QED) is 0.142. The fraction of sp³-hybridized carbons (Fsp3) is 0.725. The van der Waals surface area contributed by atoms with Crippen LogP contribution >= 0.6 is 0 Å². The second kappa shape index (κ2) is 20.2. The average molecular weight is 807 g/mol. The zero-order valence-corrected chi connectivity index (χ0v) is 35.7. The lowest BCUT2D eigenvalue weighted by molar-refractivity contribution is -0.148. The predicted molar refractivity (Wildman–Crippen MR) is 213 cm³/mol. The third-order valence-corrected chi connectivity index (χ3v) is 13.0. The second-order valence-electron chi connectivity index (χ2n) is 16.5. The molecule has 5 N–H and O–H groups in total. The van der Waals surface area contributed by atoms with Crippen LogP contribution in [0.3, 0.4) is 0 Å². The number of sulfonamides is 1. The minimum atomic E-state index is -3.86. The lowest BCUT2D eigenvalue weighted by atomic mass is 9.89. The fourth-order valence-electron chi connectivity index (χ4n) is 7.40. The van der Waals surface area contributed by atoms with E-state index in [1.165, 1.54) is 14.2 Å². The molecular formula is C40H66N6O9S. The van der Waals surface area contributed by atoms with Crippen LogP contribution in [0, 0.1) is 17.8 Å². The van der Waals surface area contributed by atoms with Crippen LogP contribution in [0.15, 0.2) is 30.3 Å². The van der Waals surface area contributed by atoms with Crippen LogP contribution < -0.4 is 21.1 Å². The Hall–Kier alpha value is -3.60. The van der Waals surface area contributed by atoms with E-state index in [1.54, 1.807) is 61.9 Å². The van der Waals surface area contributed by atoms with Crippen molar-refractivity contribution in [2.75, 3.05) is 27.8 Å². The zero-order valence-electron chi connectivity index (χ0n) is 34.9. The van der Waals surface area contributed by atoms with Gasteiger partial charge in [0, 0.05) is 34.2 Å². The third kappa shape index (κ3) is 12.2. The molecule has 16 heteroatoms. The van der Waals surface area contributed by atoms with E-state index in [0.29, 0.717) is 38.6 Å². The summed E-state index contributed by atoms with van der Waals surface area (Å²) in [5, 5.41) is 4.97. The van der Waals surface area contributed by atoms with Crippen molar-refractivity contribution in [1.29, 1.82) is 0 Å². The first-order valence-electron chi connectivity index (χ1n) is 19.8. The van der Waals surface area contributed by atoms with E-state index in [1.807, 2.05) is 33.8 Å². The molecule has 5 amide bonds. The molecule has 1 saturated heterocycles. The molecule has 1 aromatic rings. The van der Waals surface area contributed by atoms with Crippen LogP contribution in [0.4, 0.5) is 0 Å². The maximum atomic E-state index is 14.2. The smallest absolute Gasteiger partial charge is 0.256 e. The predicted octanol–water partition coefficient (Wildman–Crippen LogP) is 2.12. The summed E-state index contributed by atoms with van der Waals surface area (Å²) in [5.74, 6) is -3.50. The first-order valence-corrected chi connectivity index (χ1v) is 21.3. The van der Waals surface area contributed by atoms with Gasteiger partial charge in [0.2, 0.25) is 33.7 Å². The SMILES string of the molecule is CC[C@H](C)[C@@H]([C@@H](CC(=O)N1CCC[C@H]1[C@H](OC)[C@@H](C)C(=O)N[C@@H](Cc1ccccc1)C(=O)NS(=O)(=O)C1CC1)OC)N(C)C(=O)[C@@H](NC(=O)C(C)(C)N)C(C)C. The topological polar surface area (TPSA) is 207 Å². The first-order chi connectivity index (χ1) is 26.2. The molecule has 8 atom stereocenters. The Balaban J connectivity index is 1.80. The number of likely N-dealkylation sites (tertiary alicyclic amines) is 1. The highest BCUT2D eigenvalue weighted by Gasteiger charge is 2.44. The van der Waals surface area contributed by atoms with Crippen LogP contribution in [-0.4, -0.2) is 123 Å². The van der Waals surface area contributed by atoms with E-state index in [0.717, 1.165) is 5.56 Å². The largest absolute Gasteiger partial charge is 0.379 e. The molecule has 1 aliphatic carbocycles. The highest BCUT2D eigenvalue weighted by Crippen LogP contribution is 2.30. The van der Waals surface area contributed by atoms with Crippen molar-refractivity contribution in [2.45, 2.75) is 141 Å². The summed E-state index contributed by atoms with van der Waals surface area (Å²) < 4.78 is 39.3. The van der Waals surface area contributed by atoms with Crippen LogP contribution in [0.2, 0.25) is 0 Å². The number of ether oxygens (including phenoxy) is 2. The van der Waals surface area contributed by atoms with Crippen molar-refractivity contribution >= 4 is 39.6 Å². The molecule has 1 aromatic carbocycles. The maximum absolute atomic E-state index is 14.2. The van der Waals surface area contributed by atoms with Gasteiger partial charge in [0.15, 0.2) is 0 Å². The van der Waals surface area contributed by atoms with Gasteiger partial charge in [0.1, 0.15) is 12.1 Å². The first kappa shape index (κ1) is 46.8. The van der Waals surface area contributed by atoms with Gasteiger partial charge in [-0.05, 0) is 56.9 Å². The van der Waals surface area contributed by atoms with Gasteiger partial charge in [0.05, 0.1) is 47.4 Å². The summed E-state index contributed by atoms with van der Waals surface area (Å²) in [6.45, 7) is 12.9. The lowest BCUT2D eigenvalue weighted by Crippen LogP contribution is -2.60.